The van der Waals surface area contributed by atoms with Gasteiger partial charge in [0.05, 0.1) is 11.9 Å². The maximum absolute atomic E-state index is 12.1. The van der Waals surface area contributed by atoms with Crippen molar-refractivity contribution < 1.29 is 0 Å². The van der Waals surface area contributed by atoms with Crippen molar-refractivity contribution in [1.82, 2.24) is 15.1 Å². The average molecular weight is 299 g/mol. The Morgan fingerprint density at radius 1 is 1.50 bits per heavy atom. The van der Waals surface area contributed by atoms with Crippen LogP contribution in [0.15, 0.2) is 11.0 Å². The van der Waals surface area contributed by atoms with Gasteiger partial charge in [-0.2, -0.15) is 5.10 Å². The molecule has 0 radical (unpaired) electrons. The lowest BCUT2D eigenvalue weighted by molar-refractivity contribution is 0.542. The molecule has 0 bridgehead atoms. The maximum atomic E-state index is 12.1. The molecule has 2 heterocycles. The predicted octanol–water partition coefficient (Wildman–Crippen LogP) is 2.25. The second-order valence-corrected chi connectivity index (χ2v) is 5.65. The van der Waals surface area contributed by atoms with Crippen LogP contribution in [-0.4, -0.2) is 28.9 Å². The molecular formula is C14H23ClN4O. The first-order valence-electron chi connectivity index (χ1n) is 7.45. The summed E-state index contributed by atoms with van der Waals surface area (Å²) < 4.78 is 1.45. The number of anilines is 1. The van der Waals surface area contributed by atoms with Gasteiger partial charge in [0.2, 0.25) is 0 Å². The van der Waals surface area contributed by atoms with E-state index in [4.69, 9.17) is 11.6 Å². The summed E-state index contributed by atoms with van der Waals surface area (Å²) >= 11 is 6.19. The first kappa shape index (κ1) is 15.3. The minimum absolute atomic E-state index is 0.197. The van der Waals surface area contributed by atoms with Crippen LogP contribution in [0.25, 0.3) is 0 Å². The molecule has 20 heavy (non-hydrogen) atoms. The summed E-state index contributed by atoms with van der Waals surface area (Å²) in [6, 6.07) is 0.357. The monoisotopic (exact) mass is 298 g/mol. The second kappa shape index (κ2) is 7.64. The molecule has 0 amide bonds. The maximum Gasteiger partial charge on any atom is 0.287 e. The Morgan fingerprint density at radius 2 is 2.35 bits per heavy atom. The van der Waals surface area contributed by atoms with Gasteiger partial charge in [0, 0.05) is 12.6 Å². The average Bonchev–Trinajstić information content (AvgIpc) is 2.72. The van der Waals surface area contributed by atoms with Crippen LogP contribution < -0.4 is 16.2 Å². The van der Waals surface area contributed by atoms with Crippen molar-refractivity contribution in [2.45, 2.75) is 51.6 Å². The van der Waals surface area contributed by atoms with E-state index in [1.165, 1.54) is 4.68 Å². The molecule has 0 spiro atoms. The Balaban J connectivity index is 2.08. The fourth-order valence-electron chi connectivity index (χ4n) is 2.42. The molecule has 1 unspecified atom stereocenters. The van der Waals surface area contributed by atoms with E-state index in [1.54, 1.807) is 6.20 Å². The van der Waals surface area contributed by atoms with Crippen LogP contribution in [0, 0.1) is 0 Å². The lowest BCUT2D eigenvalue weighted by Gasteiger charge is -2.18. The molecule has 5 nitrogen and oxygen atoms in total. The zero-order chi connectivity index (χ0) is 14.4. The highest BCUT2D eigenvalue weighted by molar-refractivity contribution is 6.32. The van der Waals surface area contributed by atoms with Crippen molar-refractivity contribution in [2.75, 3.05) is 18.4 Å². The quantitative estimate of drug-likeness (QED) is 0.875. The number of aryl methyl sites for hydroxylation is 1. The molecule has 1 saturated heterocycles. The molecule has 1 atom stereocenters. The van der Waals surface area contributed by atoms with Crippen molar-refractivity contribution in [2.24, 2.45) is 0 Å². The fourth-order valence-corrected chi connectivity index (χ4v) is 2.62. The van der Waals surface area contributed by atoms with Crippen molar-refractivity contribution in [1.29, 1.82) is 0 Å². The molecule has 0 aromatic carbocycles. The second-order valence-electron chi connectivity index (χ2n) is 5.28. The summed E-state index contributed by atoms with van der Waals surface area (Å²) in [4.78, 5) is 12.1. The van der Waals surface area contributed by atoms with Crippen LogP contribution in [0.5, 0.6) is 0 Å². The Hall–Kier alpha value is -1.07. The van der Waals surface area contributed by atoms with Crippen molar-refractivity contribution in [3.05, 3.63) is 21.6 Å². The highest BCUT2D eigenvalue weighted by atomic mass is 35.5. The third-order valence-electron chi connectivity index (χ3n) is 3.64. The van der Waals surface area contributed by atoms with Gasteiger partial charge >= 0.3 is 0 Å². The van der Waals surface area contributed by atoms with E-state index in [1.807, 2.05) is 0 Å². The molecule has 1 aromatic rings. The molecule has 0 aliphatic carbocycles. The molecule has 1 aromatic heterocycles. The molecular weight excluding hydrogens is 276 g/mol. The van der Waals surface area contributed by atoms with Gasteiger partial charge < -0.3 is 10.6 Å². The number of hydrogen-bond donors (Lipinski definition) is 2. The van der Waals surface area contributed by atoms with Crippen molar-refractivity contribution in [3.8, 4) is 0 Å². The predicted molar refractivity (Wildman–Crippen MR) is 82.5 cm³/mol. The molecule has 0 saturated carbocycles. The normalized spacial score (nSPS) is 19.6. The van der Waals surface area contributed by atoms with Gasteiger partial charge in [0.15, 0.2) is 0 Å². The molecule has 112 valence electrons. The Labute approximate surface area is 124 Å². The first-order valence-corrected chi connectivity index (χ1v) is 7.83. The number of nitrogens with zero attached hydrogens (tertiary/aromatic N) is 2. The van der Waals surface area contributed by atoms with Gasteiger partial charge in [-0.1, -0.05) is 24.9 Å². The number of halogens is 1. The summed E-state index contributed by atoms with van der Waals surface area (Å²) in [5.41, 5.74) is 0.466. The van der Waals surface area contributed by atoms with Gasteiger partial charge in [-0.25, -0.2) is 4.68 Å². The van der Waals surface area contributed by atoms with Gasteiger partial charge in [-0.05, 0) is 38.8 Å². The van der Waals surface area contributed by atoms with E-state index in [2.05, 4.69) is 22.7 Å². The van der Waals surface area contributed by atoms with Gasteiger partial charge in [0.1, 0.15) is 5.02 Å². The smallest absolute Gasteiger partial charge is 0.287 e. The first-order chi connectivity index (χ1) is 9.72. The molecule has 1 aliphatic rings. The number of hydrogen-bond acceptors (Lipinski definition) is 4. The van der Waals surface area contributed by atoms with Crippen molar-refractivity contribution >= 4 is 17.3 Å². The van der Waals surface area contributed by atoms with Crippen LogP contribution in [0.3, 0.4) is 0 Å². The zero-order valence-electron chi connectivity index (χ0n) is 12.0. The highest BCUT2D eigenvalue weighted by Crippen LogP contribution is 2.19. The van der Waals surface area contributed by atoms with Gasteiger partial charge in [0.25, 0.3) is 5.56 Å². The lowest BCUT2D eigenvalue weighted by atomic mass is 10.1. The van der Waals surface area contributed by atoms with E-state index in [-0.39, 0.29) is 10.6 Å². The topological polar surface area (TPSA) is 59.0 Å². The summed E-state index contributed by atoms with van der Waals surface area (Å²) in [7, 11) is 0. The van der Waals surface area contributed by atoms with E-state index < -0.39 is 0 Å². The third kappa shape index (κ3) is 3.96. The lowest BCUT2D eigenvalue weighted by Crippen LogP contribution is -2.27. The number of aromatic nitrogens is 2. The van der Waals surface area contributed by atoms with Crippen LogP contribution in [0.1, 0.15) is 39.0 Å². The van der Waals surface area contributed by atoms with E-state index in [0.29, 0.717) is 18.3 Å². The van der Waals surface area contributed by atoms with Crippen LogP contribution in [-0.2, 0) is 6.54 Å². The van der Waals surface area contributed by atoms with Crippen LogP contribution >= 0.6 is 11.6 Å². The summed E-state index contributed by atoms with van der Waals surface area (Å²) in [6.07, 6.45) is 6.90. The number of rotatable bonds is 5. The molecule has 2 N–H and O–H groups in total. The number of nitrogens with one attached hydrogen (secondary N) is 2. The van der Waals surface area contributed by atoms with E-state index in [0.717, 1.165) is 45.2 Å². The molecule has 1 fully saturated rings. The van der Waals surface area contributed by atoms with E-state index in [9.17, 15) is 4.79 Å². The standard InChI is InChI=1S/C14H23ClN4O/c1-2-3-9-19-14(20)13(15)12(10-17-19)18-11-5-4-7-16-8-6-11/h10-11,16,18H,2-9H2,1H3. The fraction of sp³-hybridized carbons (Fsp3) is 0.714. The largest absolute Gasteiger partial charge is 0.380 e. The van der Waals surface area contributed by atoms with E-state index >= 15 is 0 Å². The van der Waals surface area contributed by atoms with Gasteiger partial charge in [-0.15, -0.1) is 0 Å². The Kier molecular flexibility index (Phi) is 5.86. The number of unbranched alkanes of at least 4 members (excludes halogenated alkanes) is 1. The SMILES string of the molecule is CCCCn1ncc(NC2CCCNCC2)c(Cl)c1=O. The highest BCUT2D eigenvalue weighted by Gasteiger charge is 2.15. The molecule has 2 rings (SSSR count). The Morgan fingerprint density at radius 3 is 3.15 bits per heavy atom. The summed E-state index contributed by atoms with van der Waals surface area (Å²) in [5, 5.41) is 11.2. The molecule has 1 aliphatic heterocycles. The molecule has 6 heteroatoms. The summed E-state index contributed by atoms with van der Waals surface area (Å²) in [6.45, 7) is 4.77. The zero-order valence-corrected chi connectivity index (χ0v) is 12.7. The Bertz CT molecular complexity index is 481. The minimum atomic E-state index is -0.197. The van der Waals surface area contributed by atoms with Crippen LogP contribution in [0.4, 0.5) is 5.69 Å². The van der Waals surface area contributed by atoms with Crippen molar-refractivity contribution in [3.63, 3.8) is 0 Å². The minimum Gasteiger partial charge on any atom is -0.380 e. The summed E-state index contributed by atoms with van der Waals surface area (Å²) in [5.74, 6) is 0. The van der Waals surface area contributed by atoms with Crippen LogP contribution in [0.2, 0.25) is 5.02 Å². The van der Waals surface area contributed by atoms with Gasteiger partial charge in [-0.3, -0.25) is 4.79 Å². The third-order valence-corrected chi connectivity index (χ3v) is 4.01.